The molecule has 0 aliphatic rings. The third-order valence-corrected chi connectivity index (χ3v) is 4.35. The van der Waals surface area contributed by atoms with Crippen LogP contribution >= 0.6 is 0 Å². The summed E-state index contributed by atoms with van der Waals surface area (Å²) in [4.78, 5) is 4.47. The molecule has 0 amide bonds. The van der Waals surface area contributed by atoms with E-state index in [-0.39, 0.29) is 0 Å². The molecule has 2 aromatic carbocycles. The van der Waals surface area contributed by atoms with Gasteiger partial charge in [0.05, 0.1) is 18.2 Å². The third kappa shape index (κ3) is 3.48. The predicted molar refractivity (Wildman–Crippen MR) is 101 cm³/mol. The van der Waals surface area contributed by atoms with E-state index < -0.39 is 0 Å². The van der Waals surface area contributed by atoms with Crippen molar-refractivity contribution in [1.29, 1.82) is 5.26 Å². The molecular formula is C21H17N5O. The van der Waals surface area contributed by atoms with Crippen LogP contribution in [0.15, 0.2) is 59.1 Å². The van der Waals surface area contributed by atoms with Gasteiger partial charge < -0.3 is 4.52 Å². The van der Waals surface area contributed by atoms with Gasteiger partial charge in [0.2, 0.25) is 5.82 Å². The normalized spacial score (nSPS) is 10.7. The lowest BCUT2D eigenvalue weighted by Crippen LogP contribution is -2.03. The lowest BCUT2D eigenvalue weighted by atomic mass is 10.1. The molecule has 0 radical (unpaired) electrons. The maximum absolute atomic E-state index is 8.90. The minimum atomic E-state index is 0.396. The Bertz CT molecular complexity index is 1110. The van der Waals surface area contributed by atoms with Crippen LogP contribution in [0.2, 0.25) is 0 Å². The van der Waals surface area contributed by atoms with E-state index in [1.807, 2.05) is 61.0 Å². The molecule has 0 saturated heterocycles. The predicted octanol–water partition coefficient (Wildman–Crippen LogP) is 4.14. The molecule has 132 valence electrons. The Morgan fingerprint density at radius 3 is 2.48 bits per heavy atom. The van der Waals surface area contributed by atoms with Gasteiger partial charge in [-0.15, -0.1) is 0 Å². The van der Waals surface area contributed by atoms with Gasteiger partial charge in [0.25, 0.3) is 5.89 Å². The molecule has 27 heavy (non-hydrogen) atoms. The zero-order valence-corrected chi connectivity index (χ0v) is 15.0. The summed E-state index contributed by atoms with van der Waals surface area (Å²) in [6.45, 7) is 4.63. The molecule has 2 heterocycles. The van der Waals surface area contributed by atoms with Crippen LogP contribution in [0.5, 0.6) is 0 Å². The monoisotopic (exact) mass is 355 g/mol. The second-order valence-electron chi connectivity index (χ2n) is 6.43. The van der Waals surface area contributed by atoms with Crippen molar-refractivity contribution in [2.24, 2.45) is 0 Å². The molecule has 0 aliphatic heterocycles. The van der Waals surface area contributed by atoms with E-state index in [4.69, 9.17) is 9.78 Å². The molecule has 0 atom stereocenters. The summed E-state index contributed by atoms with van der Waals surface area (Å²) in [6, 6.07) is 19.5. The van der Waals surface area contributed by atoms with Gasteiger partial charge in [-0.05, 0) is 37.6 Å². The second-order valence-corrected chi connectivity index (χ2v) is 6.43. The molecule has 4 aromatic rings. The van der Waals surface area contributed by atoms with E-state index in [9.17, 15) is 0 Å². The number of rotatable bonds is 4. The molecular weight excluding hydrogens is 338 g/mol. The van der Waals surface area contributed by atoms with Crippen molar-refractivity contribution < 1.29 is 4.52 Å². The molecule has 6 nitrogen and oxygen atoms in total. The first kappa shape index (κ1) is 16.7. The first-order valence-electron chi connectivity index (χ1n) is 8.57. The van der Waals surface area contributed by atoms with Gasteiger partial charge in [-0.25, -0.2) is 0 Å². The van der Waals surface area contributed by atoms with Crippen LogP contribution in [0, 0.1) is 25.2 Å². The Morgan fingerprint density at radius 1 is 1.04 bits per heavy atom. The molecule has 0 saturated carbocycles. The number of nitriles is 1. The molecule has 4 rings (SSSR count). The van der Waals surface area contributed by atoms with Gasteiger partial charge in [-0.3, -0.25) is 4.68 Å². The molecule has 0 unspecified atom stereocenters. The first-order valence-corrected chi connectivity index (χ1v) is 8.57. The third-order valence-electron chi connectivity index (χ3n) is 4.35. The van der Waals surface area contributed by atoms with Crippen molar-refractivity contribution in [3.05, 3.63) is 77.0 Å². The standard InChI is InChI=1S/C21H17N5O/c1-14-3-9-18(10-4-14)20-23-21(27-25-20)19-11-15(2)26(24-19)13-17-7-5-16(12-22)6-8-17/h3-11H,13H2,1-2H3. The van der Waals surface area contributed by atoms with Crippen LogP contribution in [0.25, 0.3) is 23.0 Å². The first-order chi connectivity index (χ1) is 13.1. The van der Waals surface area contributed by atoms with Gasteiger partial charge in [0, 0.05) is 11.3 Å². The largest absolute Gasteiger partial charge is 0.332 e. The number of aryl methyl sites for hydroxylation is 2. The van der Waals surface area contributed by atoms with Crippen LogP contribution in [0.1, 0.15) is 22.4 Å². The molecule has 0 fully saturated rings. The van der Waals surface area contributed by atoms with E-state index >= 15 is 0 Å². The number of nitrogens with zero attached hydrogens (tertiary/aromatic N) is 5. The zero-order chi connectivity index (χ0) is 18.8. The maximum Gasteiger partial charge on any atom is 0.278 e. The molecule has 0 N–H and O–H groups in total. The lowest BCUT2D eigenvalue weighted by Gasteiger charge is -2.04. The van der Waals surface area contributed by atoms with Gasteiger partial charge in [-0.1, -0.05) is 47.1 Å². The summed E-state index contributed by atoms with van der Waals surface area (Å²) in [5.74, 6) is 0.941. The highest BCUT2D eigenvalue weighted by molar-refractivity contribution is 5.58. The average molecular weight is 355 g/mol. The van der Waals surface area contributed by atoms with Crippen molar-refractivity contribution in [1.82, 2.24) is 19.9 Å². The summed E-state index contributed by atoms with van der Waals surface area (Å²) in [6.07, 6.45) is 0. The minimum Gasteiger partial charge on any atom is -0.332 e. The average Bonchev–Trinajstić information content (AvgIpc) is 3.30. The highest BCUT2D eigenvalue weighted by Gasteiger charge is 2.15. The second kappa shape index (κ2) is 6.89. The fraction of sp³-hybridized carbons (Fsp3) is 0.143. The van der Waals surface area contributed by atoms with Crippen molar-refractivity contribution in [2.75, 3.05) is 0 Å². The molecule has 0 bridgehead atoms. The summed E-state index contributed by atoms with van der Waals surface area (Å²) < 4.78 is 7.29. The highest BCUT2D eigenvalue weighted by Crippen LogP contribution is 2.22. The van der Waals surface area contributed by atoms with E-state index in [1.165, 1.54) is 5.56 Å². The Hall–Kier alpha value is -3.72. The van der Waals surface area contributed by atoms with E-state index in [1.54, 1.807) is 12.1 Å². The molecule has 0 aliphatic carbocycles. The van der Waals surface area contributed by atoms with Crippen LogP contribution in [-0.2, 0) is 6.54 Å². The fourth-order valence-corrected chi connectivity index (χ4v) is 2.78. The highest BCUT2D eigenvalue weighted by atomic mass is 16.5. The number of aromatic nitrogens is 4. The smallest absolute Gasteiger partial charge is 0.278 e. The Morgan fingerprint density at radius 2 is 1.78 bits per heavy atom. The topological polar surface area (TPSA) is 80.5 Å². The summed E-state index contributed by atoms with van der Waals surface area (Å²) >= 11 is 0. The number of hydrogen-bond acceptors (Lipinski definition) is 5. The maximum atomic E-state index is 8.90. The van der Waals surface area contributed by atoms with Crippen LogP contribution < -0.4 is 0 Å². The van der Waals surface area contributed by atoms with Crippen molar-refractivity contribution in [3.63, 3.8) is 0 Å². The van der Waals surface area contributed by atoms with Gasteiger partial charge in [-0.2, -0.15) is 15.3 Å². The van der Waals surface area contributed by atoms with Gasteiger partial charge >= 0.3 is 0 Å². The quantitative estimate of drug-likeness (QED) is 0.550. The summed E-state index contributed by atoms with van der Waals surface area (Å²) in [5, 5.41) is 17.6. The minimum absolute atomic E-state index is 0.396. The summed E-state index contributed by atoms with van der Waals surface area (Å²) in [5.41, 5.74) is 5.43. The Balaban J connectivity index is 1.57. The number of hydrogen-bond donors (Lipinski definition) is 0. The molecule has 6 heteroatoms. The zero-order valence-electron chi connectivity index (χ0n) is 15.0. The molecule has 2 aromatic heterocycles. The van der Waals surface area contributed by atoms with Crippen molar-refractivity contribution >= 4 is 0 Å². The fourth-order valence-electron chi connectivity index (χ4n) is 2.78. The van der Waals surface area contributed by atoms with Crippen LogP contribution in [-0.4, -0.2) is 19.9 Å². The lowest BCUT2D eigenvalue weighted by molar-refractivity contribution is 0.430. The van der Waals surface area contributed by atoms with Crippen molar-refractivity contribution in [3.8, 4) is 29.0 Å². The number of benzene rings is 2. The van der Waals surface area contributed by atoms with Crippen molar-refractivity contribution in [2.45, 2.75) is 20.4 Å². The van der Waals surface area contributed by atoms with Gasteiger partial charge in [0.15, 0.2) is 5.69 Å². The van der Waals surface area contributed by atoms with E-state index in [2.05, 4.69) is 21.3 Å². The summed E-state index contributed by atoms with van der Waals surface area (Å²) in [7, 11) is 0. The van der Waals surface area contributed by atoms with E-state index in [0.29, 0.717) is 29.5 Å². The van der Waals surface area contributed by atoms with Crippen LogP contribution in [0.3, 0.4) is 0 Å². The van der Waals surface area contributed by atoms with E-state index in [0.717, 1.165) is 16.8 Å². The van der Waals surface area contributed by atoms with Crippen LogP contribution in [0.4, 0.5) is 0 Å². The Kier molecular flexibility index (Phi) is 4.27. The Labute approximate surface area is 156 Å². The van der Waals surface area contributed by atoms with Gasteiger partial charge in [0.1, 0.15) is 0 Å². The SMILES string of the molecule is Cc1ccc(-c2noc(-c3cc(C)n(Cc4ccc(C#N)cc4)n3)n2)cc1. The molecule has 0 spiro atoms.